The molecule has 1 saturated heterocycles. The molecule has 2 aromatic carbocycles. The van der Waals surface area contributed by atoms with E-state index >= 15 is 0 Å². The molecule has 0 spiro atoms. The molecule has 6 rings (SSSR count). The number of pyridine rings is 2. The summed E-state index contributed by atoms with van der Waals surface area (Å²) < 4.78 is 23.4. The van der Waals surface area contributed by atoms with E-state index < -0.39 is 0 Å². The van der Waals surface area contributed by atoms with E-state index in [9.17, 15) is 0 Å². The van der Waals surface area contributed by atoms with Crippen LogP contribution in [-0.4, -0.2) is 29.3 Å². The molecule has 7 nitrogen and oxygen atoms in total. The Morgan fingerprint density at radius 1 is 0.825 bits per heavy atom. The van der Waals surface area contributed by atoms with Crippen molar-refractivity contribution in [3.8, 4) is 23.0 Å². The largest absolute Gasteiger partial charge is 0.473 e. The van der Waals surface area contributed by atoms with Crippen molar-refractivity contribution in [2.45, 2.75) is 39.3 Å². The zero-order chi connectivity index (χ0) is 27.1. The van der Waals surface area contributed by atoms with Gasteiger partial charge < -0.3 is 23.8 Å². The molecule has 204 valence electrons. The topological polar surface area (TPSA) is 65.9 Å². The van der Waals surface area contributed by atoms with Crippen LogP contribution < -0.4 is 14.4 Å². The molecule has 7 heteroatoms. The van der Waals surface area contributed by atoms with Crippen LogP contribution in [0.1, 0.15) is 29.5 Å². The van der Waals surface area contributed by atoms with Gasteiger partial charge in [0.05, 0.1) is 23.1 Å². The fraction of sp³-hybridized carbons (Fsp3) is 0.273. The highest BCUT2D eigenvalue weighted by atomic mass is 16.7. The zero-order valence-electron chi connectivity index (χ0n) is 22.6. The lowest BCUT2D eigenvalue weighted by Gasteiger charge is -2.35. The number of benzene rings is 2. The van der Waals surface area contributed by atoms with E-state index in [4.69, 9.17) is 28.9 Å². The molecule has 0 amide bonds. The van der Waals surface area contributed by atoms with Crippen molar-refractivity contribution < 1.29 is 18.9 Å². The molecule has 2 aliphatic heterocycles. The van der Waals surface area contributed by atoms with Crippen LogP contribution in [0.5, 0.6) is 11.8 Å². The number of rotatable bonds is 9. The summed E-state index contributed by atoms with van der Waals surface area (Å²) in [4.78, 5) is 12.0. The molecule has 4 aromatic rings. The number of anilines is 1. The zero-order valence-corrected chi connectivity index (χ0v) is 22.6. The van der Waals surface area contributed by atoms with Crippen LogP contribution in [0.4, 0.5) is 5.69 Å². The maximum atomic E-state index is 6.25. The van der Waals surface area contributed by atoms with Crippen molar-refractivity contribution >= 4 is 5.69 Å². The van der Waals surface area contributed by atoms with Crippen LogP contribution >= 0.6 is 0 Å². The van der Waals surface area contributed by atoms with Crippen molar-refractivity contribution in [2.75, 3.05) is 18.0 Å². The van der Waals surface area contributed by atoms with Crippen molar-refractivity contribution in [2.24, 2.45) is 5.92 Å². The summed E-state index contributed by atoms with van der Waals surface area (Å²) in [5.41, 5.74) is 6.11. The number of piperidine rings is 1. The number of hydrogen-bond acceptors (Lipinski definition) is 7. The Hall–Kier alpha value is -4.52. The monoisotopic (exact) mass is 535 g/mol. The maximum absolute atomic E-state index is 6.25. The molecule has 1 fully saturated rings. The van der Waals surface area contributed by atoms with Crippen molar-refractivity contribution in [1.29, 1.82) is 0 Å². The third kappa shape index (κ3) is 6.04. The Morgan fingerprint density at radius 3 is 2.12 bits per heavy atom. The van der Waals surface area contributed by atoms with Crippen LogP contribution in [-0.2, 0) is 22.7 Å². The third-order valence-corrected chi connectivity index (χ3v) is 7.39. The molecular weight excluding hydrogens is 502 g/mol. The maximum Gasteiger partial charge on any atom is 0.242 e. The van der Waals surface area contributed by atoms with Gasteiger partial charge in [-0.05, 0) is 48.6 Å². The minimum absolute atomic E-state index is 0.148. The van der Waals surface area contributed by atoms with E-state index in [2.05, 4.69) is 17.9 Å². The molecule has 0 saturated carbocycles. The Bertz CT molecular complexity index is 1430. The van der Waals surface area contributed by atoms with Crippen LogP contribution in [0.3, 0.4) is 0 Å². The summed E-state index contributed by atoms with van der Waals surface area (Å²) in [5, 5.41) is 0. The molecule has 0 radical (unpaired) electrons. The highest BCUT2D eigenvalue weighted by molar-refractivity contribution is 5.69. The molecule has 0 aliphatic carbocycles. The average molecular weight is 536 g/mol. The normalized spacial score (nSPS) is 15.5. The first kappa shape index (κ1) is 25.7. The summed E-state index contributed by atoms with van der Waals surface area (Å²) >= 11 is 0. The van der Waals surface area contributed by atoms with Gasteiger partial charge in [0.2, 0.25) is 18.1 Å². The second kappa shape index (κ2) is 12.1. The SMILES string of the molecule is Cc1cc(-c2ccc(OCc3ccccc3)nc2OCc2ccccc2)ncc1N1CCC(C2OC=CO2)CC1. The minimum atomic E-state index is -0.148. The van der Waals surface area contributed by atoms with Gasteiger partial charge in [-0.1, -0.05) is 60.7 Å². The molecule has 2 aliphatic rings. The lowest BCUT2D eigenvalue weighted by molar-refractivity contribution is -0.0728. The Kier molecular flexibility index (Phi) is 7.80. The van der Waals surface area contributed by atoms with E-state index in [0.29, 0.717) is 30.9 Å². The third-order valence-electron chi connectivity index (χ3n) is 7.39. The summed E-state index contributed by atoms with van der Waals surface area (Å²) in [7, 11) is 0. The average Bonchev–Trinajstić information content (AvgIpc) is 3.56. The first-order valence-electron chi connectivity index (χ1n) is 13.8. The van der Waals surface area contributed by atoms with Crippen molar-refractivity contribution in [3.63, 3.8) is 0 Å². The summed E-state index contributed by atoms with van der Waals surface area (Å²) in [6.45, 7) is 4.85. The molecule has 40 heavy (non-hydrogen) atoms. The van der Waals surface area contributed by atoms with Crippen molar-refractivity contribution in [1.82, 2.24) is 9.97 Å². The molecular formula is C33H33N3O4. The molecule has 4 heterocycles. The van der Waals surface area contributed by atoms with Gasteiger partial charge in [0, 0.05) is 25.1 Å². The highest BCUT2D eigenvalue weighted by Gasteiger charge is 2.30. The number of aryl methyl sites for hydroxylation is 1. The van der Waals surface area contributed by atoms with Crippen LogP contribution in [0, 0.1) is 12.8 Å². The lowest BCUT2D eigenvalue weighted by atomic mass is 9.95. The first-order chi connectivity index (χ1) is 19.7. The predicted molar refractivity (Wildman–Crippen MR) is 154 cm³/mol. The second-order valence-corrected chi connectivity index (χ2v) is 10.1. The van der Waals surface area contributed by atoms with E-state index in [-0.39, 0.29) is 6.29 Å². The highest BCUT2D eigenvalue weighted by Crippen LogP contribution is 2.34. The lowest BCUT2D eigenvalue weighted by Crippen LogP contribution is -2.38. The Labute approximate surface area is 235 Å². The summed E-state index contributed by atoms with van der Waals surface area (Å²) in [6.07, 6.45) is 7.12. The van der Waals surface area contributed by atoms with Gasteiger partial charge in [-0.15, -0.1) is 0 Å². The van der Waals surface area contributed by atoms with Crippen LogP contribution in [0.25, 0.3) is 11.3 Å². The molecule has 0 unspecified atom stereocenters. The predicted octanol–water partition coefficient (Wildman–Crippen LogP) is 6.67. The summed E-state index contributed by atoms with van der Waals surface area (Å²) in [6, 6.07) is 26.1. The smallest absolute Gasteiger partial charge is 0.242 e. The van der Waals surface area contributed by atoms with Gasteiger partial charge in [0.25, 0.3) is 0 Å². The molecule has 2 aromatic heterocycles. The number of hydrogen-bond donors (Lipinski definition) is 0. The second-order valence-electron chi connectivity index (χ2n) is 10.1. The number of nitrogens with zero attached hydrogens (tertiary/aromatic N) is 3. The standard InChI is InChI=1S/C33H33N3O4/c1-24-20-29(34-21-30(24)36-16-14-27(15-17-36)33-37-18-19-38-33)28-12-13-31(39-22-25-8-4-2-5-9-25)35-32(28)40-23-26-10-6-3-7-11-26/h2-13,18-21,27,33H,14-17,22-23H2,1H3. The first-order valence-corrected chi connectivity index (χ1v) is 13.8. The summed E-state index contributed by atoms with van der Waals surface area (Å²) in [5.74, 6) is 1.41. The van der Waals surface area contributed by atoms with Gasteiger partial charge in [0.1, 0.15) is 25.7 Å². The number of aromatic nitrogens is 2. The van der Waals surface area contributed by atoms with Crippen LogP contribution in [0.15, 0.2) is 97.6 Å². The van der Waals surface area contributed by atoms with Gasteiger partial charge in [-0.3, -0.25) is 4.98 Å². The van der Waals surface area contributed by atoms with Gasteiger partial charge in [-0.2, -0.15) is 4.98 Å². The van der Waals surface area contributed by atoms with E-state index in [0.717, 1.165) is 59.6 Å². The van der Waals surface area contributed by atoms with E-state index in [1.165, 1.54) is 0 Å². The van der Waals surface area contributed by atoms with E-state index in [1.807, 2.05) is 79.0 Å². The van der Waals surface area contributed by atoms with Crippen molar-refractivity contribution in [3.05, 3.63) is 114 Å². The minimum Gasteiger partial charge on any atom is -0.473 e. The van der Waals surface area contributed by atoms with Gasteiger partial charge in [-0.25, -0.2) is 0 Å². The van der Waals surface area contributed by atoms with E-state index in [1.54, 1.807) is 12.5 Å². The molecule has 0 N–H and O–H groups in total. The fourth-order valence-corrected chi connectivity index (χ4v) is 5.18. The van der Waals surface area contributed by atoms with Gasteiger partial charge in [0.15, 0.2) is 0 Å². The quantitative estimate of drug-likeness (QED) is 0.237. The van der Waals surface area contributed by atoms with Gasteiger partial charge >= 0.3 is 0 Å². The Balaban J connectivity index is 1.20. The number of ether oxygens (including phenoxy) is 4. The molecule has 0 atom stereocenters. The molecule has 0 bridgehead atoms. The Morgan fingerprint density at radius 2 is 1.48 bits per heavy atom. The fourth-order valence-electron chi connectivity index (χ4n) is 5.18. The van der Waals surface area contributed by atoms with Crippen LogP contribution in [0.2, 0.25) is 0 Å².